The van der Waals surface area contributed by atoms with Crippen LogP contribution in [-0.4, -0.2) is 80.6 Å². The van der Waals surface area contributed by atoms with Crippen molar-refractivity contribution >= 4 is 17.9 Å². The van der Waals surface area contributed by atoms with E-state index in [9.17, 15) is 19.5 Å². The third-order valence-electron chi connectivity index (χ3n) is 12.4. The highest BCUT2D eigenvalue weighted by molar-refractivity contribution is 5.72. The summed E-state index contributed by atoms with van der Waals surface area (Å²) in [4.78, 5) is 37.3. The third-order valence-corrected chi connectivity index (χ3v) is 12.4. The lowest BCUT2D eigenvalue weighted by Crippen LogP contribution is -2.50. The number of rotatable bonds is 50. The van der Waals surface area contributed by atoms with E-state index < -0.39 is 18.1 Å². The third kappa shape index (κ3) is 47.9. The molecule has 8 heteroatoms. The molecule has 0 aromatic rings. The Morgan fingerprint density at radius 1 is 0.463 bits per heavy atom. The maximum Gasteiger partial charge on any atom is 0.362 e. The number of quaternary nitrogens is 1. The van der Waals surface area contributed by atoms with Crippen LogP contribution < -0.4 is 0 Å². The molecule has 2 unspecified atom stereocenters. The summed E-state index contributed by atoms with van der Waals surface area (Å²) in [6, 6.07) is -0.619. The van der Waals surface area contributed by atoms with Gasteiger partial charge in [0.05, 0.1) is 34.4 Å². The fraction of sp³-hybridized carbons (Fsp3) is 0.780. The molecule has 8 nitrogen and oxygen atoms in total. The van der Waals surface area contributed by atoms with E-state index in [2.05, 4.69) is 74.6 Å². The molecule has 0 saturated heterocycles. The topological polar surface area (TPSA) is 99.1 Å². The number of allylic oxidation sites excluding steroid dienone is 10. The highest BCUT2D eigenvalue weighted by atomic mass is 16.6. The van der Waals surface area contributed by atoms with Gasteiger partial charge in [-0.25, -0.2) is 4.79 Å². The Balaban J connectivity index is 4.21. The molecule has 0 aromatic heterocycles. The van der Waals surface area contributed by atoms with Crippen molar-refractivity contribution in [3.05, 3.63) is 60.8 Å². The zero-order valence-corrected chi connectivity index (χ0v) is 44.3. The van der Waals surface area contributed by atoms with Crippen LogP contribution in [0.4, 0.5) is 0 Å². The Morgan fingerprint density at radius 3 is 1.24 bits per heavy atom. The number of aliphatic carboxylic acids is 1. The first-order valence-electron chi connectivity index (χ1n) is 27.8. The monoisotopic (exact) mass is 941 g/mol. The number of nitrogens with zero attached hydrogens (tertiary/aromatic N) is 1. The van der Waals surface area contributed by atoms with Crippen LogP contribution in [0.2, 0.25) is 0 Å². The normalized spacial score (nSPS) is 13.3. The second-order valence-corrected chi connectivity index (χ2v) is 19.8. The second-order valence-electron chi connectivity index (χ2n) is 19.8. The fourth-order valence-electron chi connectivity index (χ4n) is 8.18. The Labute approximate surface area is 413 Å². The minimum Gasteiger partial charge on any atom is -0.477 e. The van der Waals surface area contributed by atoms with Crippen molar-refractivity contribution in [2.45, 2.75) is 257 Å². The highest BCUT2D eigenvalue weighted by Crippen LogP contribution is 2.17. The lowest BCUT2D eigenvalue weighted by Gasteiger charge is -2.31. The van der Waals surface area contributed by atoms with E-state index in [0.717, 1.165) is 83.5 Å². The molecular formula is C59H106NO7+. The molecule has 0 radical (unpaired) electrons. The van der Waals surface area contributed by atoms with Crippen LogP contribution in [0.15, 0.2) is 60.8 Å². The minimum absolute atomic E-state index is 0.0570. The molecule has 0 heterocycles. The SMILES string of the molecule is CC/C=C/C/C=C/C/C=C/C/C=C/C/C=C/CCCCCCCCC(=O)OCC(COCCC(C(=O)O)[N+](C)(C)C)OC(=O)CCCCCCCCCCCCCCCCCCCCCCC. The standard InChI is InChI=1S/C59H105NO7/c1-6-8-10-12-14-16-18-20-22-24-26-28-30-31-33-35-37-39-41-43-45-47-49-57(61)66-54-55(53-65-52-51-56(59(63)64)60(3,4)5)67-58(62)50-48-46-44-42-40-38-36-34-32-29-27-25-23-21-19-17-15-13-11-9-7-2/h8,10,14,16,20,22,26,28,31,33,55-56H,6-7,9,11-13,15,17-19,21,23-25,27,29-30,32,34-54H2,1-5H3/p+1/b10-8+,16-14+,22-20+,28-26+,33-31+. The Hall–Kier alpha value is -2.97. The van der Waals surface area contributed by atoms with E-state index in [1.807, 2.05) is 21.1 Å². The smallest absolute Gasteiger partial charge is 0.362 e. The van der Waals surface area contributed by atoms with Gasteiger partial charge in [0.1, 0.15) is 6.61 Å². The molecule has 67 heavy (non-hydrogen) atoms. The average Bonchev–Trinajstić information content (AvgIpc) is 3.29. The molecule has 0 saturated carbocycles. The summed E-state index contributed by atoms with van der Waals surface area (Å²) in [5.41, 5.74) is 0. The van der Waals surface area contributed by atoms with Crippen LogP contribution in [0, 0.1) is 0 Å². The number of ether oxygens (including phenoxy) is 3. The van der Waals surface area contributed by atoms with Gasteiger partial charge in [-0.05, 0) is 57.8 Å². The minimum atomic E-state index is -0.876. The number of carbonyl (C=O) groups excluding carboxylic acids is 2. The zero-order chi connectivity index (χ0) is 49.2. The van der Waals surface area contributed by atoms with Crippen LogP contribution in [-0.2, 0) is 28.6 Å². The van der Waals surface area contributed by atoms with Crippen molar-refractivity contribution in [3.8, 4) is 0 Å². The van der Waals surface area contributed by atoms with Gasteiger partial charge < -0.3 is 23.8 Å². The summed E-state index contributed by atoms with van der Waals surface area (Å²) in [7, 11) is 5.54. The first-order valence-corrected chi connectivity index (χ1v) is 27.8. The molecule has 0 aliphatic carbocycles. The van der Waals surface area contributed by atoms with Crippen LogP contribution in [0.1, 0.15) is 245 Å². The molecule has 0 amide bonds. The van der Waals surface area contributed by atoms with Crippen molar-refractivity contribution in [2.24, 2.45) is 0 Å². The van der Waals surface area contributed by atoms with Crippen LogP contribution in [0.5, 0.6) is 0 Å². The lowest BCUT2D eigenvalue weighted by molar-refractivity contribution is -0.887. The van der Waals surface area contributed by atoms with Gasteiger partial charge in [0.2, 0.25) is 0 Å². The summed E-state index contributed by atoms with van der Waals surface area (Å²) >= 11 is 0. The molecule has 1 N–H and O–H groups in total. The van der Waals surface area contributed by atoms with Gasteiger partial charge in [-0.3, -0.25) is 9.59 Å². The first-order chi connectivity index (χ1) is 32.6. The molecule has 0 aliphatic rings. The van der Waals surface area contributed by atoms with Crippen molar-refractivity contribution in [1.29, 1.82) is 0 Å². The quantitative estimate of drug-likeness (QED) is 0.0281. The van der Waals surface area contributed by atoms with Crippen molar-refractivity contribution in [2.75, 3.05) is 41.0 Å². The first kappa shape index (κ1) is 64.0. The summed E-state index contributed by atoms with van der Waals surface area (Å²) in [6.07, 6.45) is 62.8. The Morgan fingerprint density at radius 2 is 0.836 bits per heavy atom. The molecule has 2 atom stereocenters. The molecule has 0 rings (SSSR count). The number of hydrogen-bond donors (Lipinski definition) is 1. The van der Waals surface area contributed by atoms with E-state index in [1.165, 1.54) is 128 Å². The number of hydrogen-bond acceptors (Lipinski definition) is 6. The molecule has 388 valence electrons. The summed E-state index contributed by atoms with van der Waals surface area (Å²) in [5.74, 6) is -1.47. The van der Waals surface area contributed by atoms with E-state index in [-0.39, 0.29) is 36.2 Å². The number of carbonyl (C=O) groups is 3. The van der Waals surface area contributed by atoms with Gasteiger partial charge in [0, 0.05) is 19.3 Å². The summed E-state index contributed by atoms with van der Waals surface area (Å²) in [6.45, 7) is 4.64. The van der Waals surface area contributed by atoms with Crippen molar-refractivity contribution in [1.82, 2.24) is 0 Å². The van der Waals surface area contributed by atoms with Gasteiger partial charge in [0.25, 0.3) is 0 Å². The predicted octanol–water partition coefficient (Wildman–Crippen LogP) is 16.5. The van der Waals surface area contributed by atoms with Gasteiger partial charge in [-0.1, -0.05) is 229 Å². The second kappa shape index (κ2) is 49.5. The molecular weight excluding hydrogens is 835 g/mol. The highest BCUT2D eigenvalue weighted by Gasteiger charge is 2.31. The maximum absolute atomic E-state index is 12.8. The van der Waals surface area contributed by atoms with E-state index >= 15 is 0 Å². The van der Waals surface area contributed by atoms with Crippen LogP contribution >= 0.6 is 0 Å². The lowest BCUT2D eigenvalue weighted by atomic mass is 10.0. The van der Waals surface area contributed by atoms with Gasteiger partial charge in [0.15, 0.2) is 12.1 Å². The molecule has 0 aliphatic heterocycles. The number of carboxylic acid groups (broad SMARTS) is 1. The number of unbranched alkanes of at least 4 members (excludes halogenated alkanes) is 26. The van der Waals surface area contributed by atoms with E-state index in [4.69, 9.17) is 14.2 Å². The molecule has 0 spiro atoms. The average molecular weight is 941 g/mol. The van der Waals surface area contributed by atoms with E-state index in [1.54, 1.807) is 0 Å². The summed E-state index contributed by atoms with van der Waals surface area (Å²) < 4.78 is 17.4. The predicted molar refractivity (Wildman–Crippen MR) is 284 cm³/mol. The van der Waals surface area contributed by atoms with Crippen molar-refractivity contribution in [3.63, 3.8) is 0 Å². The number of likely N-dealkylation sites (N-methyl/N-ethyl adjacent to an activating group) is 1. The molecule has 0 bridgehead atoms. The van der Waals surface area contributed by atoms with Gasteiger partial charge in [-0.15, -0.1) is 0 Å². The van der Waals surface area contributed by atoms with Gasteiger partial charge in [-0.2, -0.15) is 0 Å². The Bertz CT molecular complexity index is 1280. The van der Waals surface area contributed by atoms with Crippen LogP contribution in [0.25, 0.3) is 0 Å². The zero-order valence-electron chi connectivity index (χ0n) is 44.3. The Kier molecular flexibility index (Phi) is 47.3. The van der Waals surface area contributed by atoms with Crippen LogP contribution in [0.3, 0.4) is 0 Å². The van der Waals surface area contributed by atoms with Gasteiger partial charge >= 0.3 is 17.9 Å². The number of esters is 2. The summed E-state index contributed by atoms with van der Waals surface area (Å²) in [5, 5.41) is 9.67. The maximum atomic E-state index is 12.8. The van der Waals surface area contributed by atoms with Crippen molar-refractivity contribution < 1.29 is 38.2 Å². The molecule has 0 fully saturated rings. The molecule has 0 aromatic carbocycles. The largest absolute Gasteiger partial charge is 0.477 e. The fourth-order valence-corrected chi connectivity index (χ4v) is 8.18. The van der Waals surface area contributed by atoms with E-state index in [0.29, 0.717) is 19.3 Å². The number of carboxylic acids is 1.